The van der Waals surface area contributed by atoms with Crippen molar-refractivity contribution in [2.75, 3.05) is 6.54 Å². The van der Waals surface area contributed by atoms with Crippen molar-refractivity contribution in [3.63, 3.8) is 0 Å². The largest absolute Gasteiger partial charge is 0.461 e. The second-order valence-corrected chi connectivity index (χ2v) is 9.64. The maximum Gasteiger partial charge on any atom is 0.461 e. The lowest BCUT2D eigenvalue weighted by Gasteiger charge is -2.37. The maximum atomic E-state index is 14.9. The number of nitrogens with one attached hydrogen (secondary N) is 3. The van der Waals surface area contributed by atoms with Crippen LogP contribution in [0.4, 0.5) is 31.1 Å². The number of benzene rings is 3. The van der Waals surface area contributed by atoms with Crippen molar-refractivity contribution in [2.24, 2.45) is 16.7 Å². The number of urea groups is 1. The predicted molar refractivity (Wildman–Crippen MR) is 149 cm³/mol. The monoisotopic (exact) mass is 610 g/mol. The quantitative estimate of drug-likeness (QED) is 0.0400. The van der Waals surface area contributed by atoms with E-state index in [1.165, 1.54) is 12.1 Å². The van der Waals surface area contributed by atoms with Gasteiger partial charge in [-0.3, -0.25) is 0 Å². The molecule has 0 aliphatic heterocycles. The van der Waals surface area contributed by atoms with Crippen molar-refractivity contribution in [3.8, 4) is 5.75 Å². The number of hydrazone groups is 1. The van der Waals surface area contributed by atoms with Crippen LogP contribution in [0.2, 0.25) is 0 Å². The van der Waals surface area contributed by atoms with Gasteiger partial charge in [0.1, 0.15) is 23.2 Å². The second-order valence-electron chi connectivity index (χ2n) is 9.64. The molecule has 8 nitrogen and oxygen atoms in total. The topological polar surface area (TPSA) is 127 Å². The molecule has 43 heavy (non-hydrogen) atoms. The first kappa shape index (κ1) is 33.0. The molecule has 232 valence electrons. The normalized spacial score (nSPS) is 13.3. The third-order valence-corrected chi connectivity index (χ3v) is 6.45. The minimum Gasteiger partial charge on any atom is -0.428 e. The summed E-state index contributed by atoms with van der Waals surface area (Å²) in [6.07, 6.45) is -6.77. The van der Waals surface area contributed by atoms with Crippen molar-refractivity contribution < 1.29 is 35.9 Å². The van der Waals surface area contributed by atoms with E-state index < -0.39 is 41.5 Å². The summed E-state index contributed by atoms with van der Waals surface area (Å²) in [7, 11) is 0. The highest BCUT2D eigenvalue weighted by Crippen LogP contribution is 2.37. The highest BCUT2D eigenvalue weighted by molar-refractivity contribution is 5.79. The van der Waals surface area contributed by atoms with Crippen molar-refractivity contribution in [1.29, 1.82) is 0 Å². The van der Waals surface area contributed by atoms with Gasteiger partial charge in [-0.1, -0.05) is 48.9 Å². The molecule has 3 aromatic carbocycles. The first-order chi connectivity index (χ1) is 20.4. The van der Waals surface area contributed by atoms with Gasteiger partial charge in [-0.25, -0.2) is 25.0 Å². The average Bonchev–Trinajstić information content (AvgIpc) is 2.95. The molecule has 0 bridgehead atoms. The fraction of sp³-hybridized carbons (Fsp3) is 0.310. The Labute approximate surface area is 244 Å². The Morgan fingerprint density at radius 1 is 0.907 bits per heavy atom. The van der Waals surface area contributed by atoms with E-state index in [0.29, 0.717) is 43.1 Å². The lowest BCUT2D eigenvalue weighted by Crippen LogP contribution is -2.52. The Bertz CT molecular complexity index is 1360. The van der Waals surface area contributed by atoms with Crippen molar-refractivity contribution in [1.82, 2.24) is 16.2 Å². The maximum absolute atomic E-state index is 14.9. The lowest BCUT2D eigenvalue weighted by molar-refractivity contribution is -0.253. The molecule has 0 unspecified atom stereocenters. The van der Waals surface area contributed by atoms with E-state index >= 15 is 0 Å². The smallest absolute Gasteiger partial charge is 0.428 e. The molecule has 0 heterocycles. The number of amidine groups is 1. The number of alkyl halides is 4. The molecule has 0 spiro atoms. The number of nitrogens with zero attached hydrogens (tertiary/aromatic N) is 1. The van der Waals surface area contributed by atoms with Crippen LogP contribution in [0.3, 0.4) is 0 Å². The third-order valence-electron chi connectivity index (χ3n) is 6.45. The zero-order valence-electron chi connectivity index (χ0n) is 22.9. The summed E-state index contributed by atoms with van der Waals surface area (Å²) >= 11 is 0. The van der Waals surface area contributed by atoms with Crippen molar-refractivity contribution in [2.45, 2.75) is 50.2 Å². The molecule has 0 saturated heterocycles. The van der Waals surface area contributed by atoms with E-state index in [0.717, 1.165) is 24.3 Å². The number of amides is 2. The van der Waals surface area contributed by atoms with Gasteiger partial charge in [0.15, 0.2) is 0 Å². The molecule has 0 saturated carbocycles. The van der Waals surface area contributed by atoms with Crippen LogP contribution in [0.25, 0.3) is 0 Å². The van der Waals surface area contributed by atoms with Gasteiger partial charge in [-0.2, -0.15) is 22.7 Å². The second kappa shape index (κ2) is 15.1. The standard InChI is InChI=1S/C29H32F6N6O2/c30-22-12-10-20(11-13-22)28(18-19-7-3-1-4-8-19,39-27(42)38-14-6-2-5-9-25(36)40-41-37)21-15-23(31)17-24(16-21)43-29(34,35)26(32)33/h1,3-4,7-8,10-13,15-17,26,41H,2,5-6,9,14,18,37H2,(H2,36,40)(H2,38,39,42)/t28-/m1/s1. The number of ether oxygens (including phenoxy) is 1. The number of hydrazine groups is 1. The van der Waals surface area contributed by atoms with Crippen LogP contribution >= 0.6 is 0 Å². The Kier molecular flexibility index (Phi) is 11.6. The van der Waals surface area contributed by atoms with E-state index in [1.54, 1.807) is 30.3 Å². The van der Waals surface area contributed by atoms with E-state index in [9.17, 15) is 31.1 Å². The number of hydrogen-bond donors (Lipinski definition) is 5. The van der Waals surface area contributed by atoms with Crippen LogP contribution in [0, 0.1) is 11.6 Å². The summed E-state index contributed by atoms with van der Waals surface area (Å²) < 4.78 is 86.4. The third kappa shape index (κ3) is 9.53. The highest BCUT2D eigenvalue weighted by Gasteiger charge is 2.45. The molecule has 0 aromatic heterocycles. The molecule has 3 aromatic rings. The molecule has 14 heteroatoms. The van der Waals surface area contributed by atoms with Crippen LogP contribution in [0.5, 0.6) is 5.75 Å². The molecule has 0 aliphatic carbocycles. The molecule has 0 aliphatic rings. The minimum absolute atomic E-state index is 0.0607. The van der Waals surface area contributed by atoms with Gasteiger partial charge in [0.05, 0.1) is 5.54 Å². The van der Waals surface area contributed by atoms with Gasteiger partial charge < -0.3 is 21.1 Å². The summed E-state index contributed by atoms with van der Waals surface area (Å²) in [5.74, 6) is 2.81. The van der Waals surface area contributed by atoms with Crippen LogP contribution in [-0.4, -0.2) is 30.9 Å². The Hall–Kier alpha value is -4.46. The lowest BCUT2D eigenvalue weighted by atomic mass is 9.77. The molecule has 0 fully saturated rings. The van der Waals surface area contributed by atoms with Crippen LogP contribution in [0.1, 0.15) is 42.4 Å². The van der Waals surface area contributed by atoms with Crippen LogP contribution in [-0.2, 0) is 12.0 Å². The molecule has 2 amide bonds. The molecule has 0 radical (unpaired) electrons. The number of rotatable bonds is 15. The molecule has 1 atom stereocenters. The predicted octanol–water partition coefficient (Wildman–Crippen LogP) is 5.28. The first-order valence-electron chi connectivity index (χ1n) is 13.2. The number of hydrogen-bond acceptors (Lipinski definition) is 5. The Morgan fingerprint density at radius 3 is 2.26 bits per heavy atom. The van der Waals surface area contributed by atoms with Crippen LogP contribution < -0.4 is 32.5 Å². The van der Waals surface area contributed by atoms with Gasteiger partial charge in [-0.05, 0) is 53.8 Å². The van der Waals surface area contributed by atoms with E-state index in [2.05, 4.69) is 26.0 Å². The minimum atomic E-state index is -4.91. The molecular formula is C29H32F6N6O2. The average molecular weight is 611 g/mol. The summed E-state index contributed by atoms with van der Waals surface area (Å²) in [5.41, 5.74) is 6.84. The first-order valence-corrected chi connectivity index (χ1v) is 13.2. The fourth-order valence-corrected chi connectivity index (χ4v) is 4.45. The summed E-state index contributed by atoms with van der Waals surface area (Å²) in [6, 6.07) is 15.3. The summed E-state index contributed by atoms with van der Waals surface area (Å²) in [5, 5.41) is 9.17. The van der Waals surface area contributed by atoms with Gasteiger partial charge in [0.2, 0.25) is 0 Å². The van der Waals surface area contributed by atoms with Crippen LogP contribution in [0.15, 0.2) is 77.9 Å². The van der Waals surface area contributed by atoms with E-state index in [4.69, 9.17) is 11.6 Å². The number of unbranched alkanes of at least 4 members (excludes halogenated alkanes) is 2. The van der Waals surface area contributed by atoms with Crippen molar-refractivity contribution in [3.05, 3.63) is 101 Å². The van der Waals surface area contributed by atoms with Crippen molar-refractivity contribution >= 4 is 11.9 Å². The Morgan fingerprint density at radius 2 is 1.60 bits per heavy atom. The molecular weight excluding hydrogens is 578 g/mol. The van der Waals surface area contributed by atoms with Gasteiger partial charge in [-0.15, -0.1) is 0 Å². The number of halogens is 6. The van der Waals surface area contributed by atoms with E-state index in [1.807, 2.05) is 0 Å². The molecule has 7 N–H and O–H groups in total. The van der Waals surface area contributed by atoms with Gasteiger partial charge in [0.25, 0.3) is 0 Å². The number of nitrogens with two attached hydrogens (primary N) is 2. The zero-order valence-corrected chi connectivity index (χ0v) is 22.9. The molecule has 3 rings (SSSR count). The zero-order chi connectivity index (χ0) is 31.5. The summed E-state index contributed by atoms with van der Waals surface area (Å²) in [6.45, 7) is 0.223. The summed E-state index contributed by atoms with van der Waals surface area (Å²) in [4.78, 5) is 13.3. The van der Waals surface area contributed by atoms with Gasteiger partial charge >= 0.3 is 18.6 Å². The fourth-order valence-electron chi connectivity index (χ4n) is 4.45. The number of carbonyl (C=O) groups excluding carboxylic acids is 1. The number of carbonyl (C=O) groups is 1. The Balaban J connectivity index is 1.98. The van der Waals surface area contributed by atoms with E-state index in [-0.39, 0.29) is 24.1 Å². The van der Waals surface area contributed by atoms with Gasteiger partial charge in [0, 0.05) is 25.5 Å². The SMILES string of the molecule is NN/N=C(\N)CCCCCNC(=O)N[C@](Cc1ccccc1)(c1ccc(F)cc1)c1cc(F)cc(OC(F)(F)C(F)F)c1. The highest BCUT2D eigenvalue weighted by atomic mass is 19.3.